The summed E-state index contributed by atoms with van der Waals surface area (Å²) in [5.74, 6) is -0.210. The number of nitrogens with one attached hydrogen (secondary N) is 1. The van der Waals surface area contributed by atoms with Gasteiger partial charge in [0.1, 0.15) is 11.6 Å². The van der Waals surface area contributed by atoms with E-state index in [0.717, 1.165) is 17.7 Å². The van der Waals surface area contributed by atoms with Crippen molar-refractivity contribution in [2.75, 3.05) is 13.1 Å². The Morgan fingerprint density at radius 2 is 1.73 bits per heavy atom. The Morgan fingerprint density at radius 3 is 2.36 bits per heavy atom. The molecule has 0 saturated carbocycles. The van der Waals surface area contributed by atoms with Crippen LogP contribution in [0, 0.1) is 11.2 Å². The van der Waals surface area contributed by atoms with Crippen molar-refractivity contribution in [1.29, 1.82) is 0 Å². The van der Waals surface area contributed by atoms with Crippen molar-refractivity contribution in [1.82, 2.24) is 19.2 Å². The first kappa shape index (κ1) is 23.1. The maximum Gasteiger partial charge on any atom is 0.271 e. The molecule has 2 aromatic carbocycles. The summed E-state index contributed by atoms with van der Waals surface area (Å²) in [6.45, 7) is 7.06. The average molecular weight is 471 g/mol. The Kier molecular flexibility index (Phi) is 6.11. The molecule has 174 valence electrons. The van der Waals surface area contributed by atoms with Crippen LogP contribution in [0.3, 0.4) is 0 Å². The minimum atomic E-state index is -3.86. The molecule has 33 heavy (non-hydrogen) atoms. The number of benzene rings is 2. The van der Waals surface area contributed by atoms with E-state index in [4.69, 9.17) is 0 Å². The smallest absolute Gasteiger partial charge is 0.271 e. The SMILES string of the molecule is CC(C)(C)CNC(=O)c1nc(-c2ccccc2)n2c1CN(S(=O)(=O)c1ccc(F)cc1)CC2. The van der Waals surface area contributed by atoms with Crippen LogP contribution in [0.4, 0.5) is 4.39 Å². The number of halogens is 1. The number of hydrogen-bond donors (Lipinski definition) is 1. The zero-order chi connectivity index (χ0) is 23.8. The van der Waals surface area contributed by atoms with Gasteiger partial charge >= 0.3 is 0 Å². The maximum atomic E-state index is 13.3. The summed E-state index contributed by atoms with van der Waals surface area (Å²) in [4.78, 5) is 17.7. The number of fused-ring (bicyclic) bond motifs is 1. The number of rotatable bonds is 5. The highest BCUT2D eigenvalue weighted by molar-refractivity contribution is 7.89. The largest absolute Gasteiger partial charge is 0.350 e. The zero-order valence-electron chi connectivity index (χ0n) is 18.9. The van der Waals surface area contributed by atoms with Gasteiger partial charge in [0.25, 0.3) is 5.91 Å². The highest BCUT2D eigenvalue weighted by Crippen LogP contribution is 2.29. The first-order valence-electron chi connectivity index (χ1n) is 10.7. The molecule has 9 heteroatoms. The van der Waals surface area contributed by atoms with E-state index in [2.05, 4.69) is 10.3 Å². The van der Waals surface area contributed by atoms with Gasteiger partial charge in [0.15, 0.2) is 5.69 Å². The van der Waals surface area contributed by atoms with E-state index in [9.17, 15) is 17.6 Å². The predicted molar refractivity (Wildman–Crippen MR) is 123 cm³/mol. The van der Waals surface area contributed by atoms with Gasteiger partial charge in [0, 0.05) is 25.2 Å². The minimum Gasteiger partial charge on any atom is -0.350 e. The van der Waals surface area contributed by atoms with Crippen LogP contribution < -0.4 is 5.32 Å². The van der Waals surface area contributed by atoms with Crippen molar-refractivity contribution in [2.45, 2.75) is 38.8 Å². The van der Waals surface area contributed by atoms with E-state index < -0.39 is 15.8 Å². The van der Waals surface area contributed by atoms with Gasteiger partial charge in [0.2, 0.25) is 10.0 Å². The molecule has 4 rings (SSSR count). The molecule has 1 aromatic heterocycles. The third kappa shape index (κ3) is 4.84. The summed E-state index contributed by atoms with van der Waals surface area (Å²) in [7, 11) is -3.86. The number of hydrogen-bond acceptors (Lipinski definition) is 4. The molecule has 1 amide bonds. The first-order chi connectivity index (χ1) is 15.6. The van der Waals surface area contributed by atoms with Gasteiger partial charge in [-0.05, 0) is 29.7 Å². The number of imidazole rings is 1. The second-order valence-corrected chi connectivity index (χ2v) is 11.2. The van der Waals surface area contributed by atoms with Crippen LogP contribution in [0.2, 0.25) is 0 Å². The van der Waals surface area contributed by atoms with E-state index in [1.165, 1.54) is 16.4 Å². The standard InChI is InChI=1S/C24H27FN4O3S/c1-24(2,3)16-26-23(30)21-20-15-28(33(31,32)19-11-9-18(25)10-12-19)13-14-29(20)22(27-21)17-7-5-4-6-8-17/h4-12H,13-16H2,1-3H3,(H,26,30). The zero-order valence-corrected chi connectivity index (χ0v) is 19.7. The third-order valence-corrected chi connectivity index (χ3v) is 7.31. The van der Waals surface area contributed by atoms with Crippen molar-refractivity contribution in [2.24, 2.45) is 5.41 Å². The lowest BCUT2D eigenvalue weighted by molar-refractivity contribution is 0.0932. The topological polar surface area (TPSA) is 84.3 Å². The van der Waals surface area contributed by atoms with Crippen LogP contribution in [-0.2, 0) is 23.1 Å². The molecular formula is C24H27FN4O3S. The molecule has 2 heterocycles. The molecule has 0 spiro atoms. The van der Waals surface area contributed by atoms with Gasteiger partial charge in [-0.1, -0.05) is 51.1 Å². The van der Waals surface area contributed by atoms with Gasteiger partial charge in [-0.2, -0.15) is 4.31 Å². The fraction of sp³-hybridized carbons (Fsp3) is 0.333. The van der Waals surface area contributed by atoms with Gasteiger partial charge in [-0.25, -0.2) is 17.8 Å². The van der Waals surface area contributed by atoms with Crippen LogP contribution >= 0.6 is 0 Å². The molecule has 0 bridgehead atoms. The van der Waals surface area contributed by atoms with Crippen molar-refractivity contribution < 1.29 is 17.6 Å². The number of carbonyl (C=O) groups is 1. The summed E-state index contributed by atoms with van der Waals surface area (Å²) in [5.41, 5.74) is 1.49. The summed E-state index contributed by atoms with van der Waals surface area (Å²) in [6.07, 6.45) is 0. The minimum absolute atomic E-state index is 0.00217. The Bertz CT molecular complexity index is 1260. The molecule has 3 aromatic rings. The van der Waals surface area contributed by atoms with Gasteiger partial charge in [-0.3, -0.25) is 4.79 Å². The molecule has 1 N–H and O–H groups in total. The lowest BCUT2D eigenvalue weighted by atomic mass is 9.97. The molecule has 0 fully saturated rings. The lowest BCUT2D eigenvalue weighted by Gasteiger charge is -2.29. The second kappa shape index (κ2) is 8.72. The molecule has 0 saturated heterocycles. The van der Waals surface area contributed by atoms with Crippen molar-refractivity contribution in [3.63, 3.8) is 0 Å². The van der Waals surface area contributed by atoms with E-state index in [1.54, 1.807) is 0 Å². The van der Waals surface area contributed by atoms with Crippen molar-refractivity contribution in [3.8, 4) is 11.4 Å². The third-order valence-electron chi connectivity index (χ3n) is 5.45. The molecule has 0 unspecified atom stereocenters. The number of amides is 1. The first-order valence-corrected chi connectivity index (χ1v) is 12.2. The summed E-state index contributed by atoms with van der Waals surface area (Å²) in [5, 5.41) is 2.92. The normalized spacial score (nSPS) is 14.7. The molecule has 7 nitrogen and oxygen atoms in total. The van der Waals surface area contributed by atoms with Crippen molar-refractivity contribution in [3.05, 3.63) is 71.8 Å². The fourth-order valence-electron chi connectivity index (χ4n) is 3.72. The van der Waals surface area contributed by atoms with E-state index in [1.807, 2.05) is 55.7 Å². The van der Waals surface area contributed by atoms with Crippen LogP contribution in [0.1, 0.15) is 37.0 Å². The summed E-state index contributed by atoms with van der Waals surface area (Å²) >= 11 is 0. The van der Waals surface area contributed by atoms with Crippen LogP contribution in [0.5, 0.6) is 0 Å². The molecular weight excluding hydrogens is 443 g/mol. The monoisotopic (exact) mass is 470 g/mol. The Morgan fingerprint density at radius 1 is 1.06 bits per heavy atom. The Hall–Kier alpha value is -3.04. The molecule has 0 radical (unpaired) electrons. The van der Waals surface area contributed by atoms with E-state index in [0.29, 0.717) is 24.6 Å². The van der Waals surface area contributed by atoms with Crippen LogP contribution in [0.15, 0.2) is 59.5 Å². The van der Waals surface area contributed by atoms with Gasteiger partial charge < -0.3 is 9.88 Å². The van der Waals surface area contributed by atoms with Crippen LogP contribution in [-0.4, -0.2) is 41.3 Å². The molecule has 0 aliphatic carbocycles. The Balaban J connectivity index is 1.72. The van der Waals surface area contributed by atoms with Crippen LogP contribution in [0.25, 0.3) is 11.4 Å². The summed E-state index contributed by atoms with van der Waals surface area (Å²) in [6, 6.07) is 14.3. The van der Waals surface area contributed by atoms with Gasteiger partial charge in [0.05, 0.1) is 17.1 Å². The van der Waals surface area contributed by atoms with E-state index >= 15 is 0 Å². The molecule has 1 aliphatic heterocycles. The Labute approximate surface area is 193 Å². The molecule has 0 atom stereocenters. The lowest BCUT2D eigenvalue weighted by Crippen LogP contribution is -2.39. The quantitative estimate of drug-likeness (QED) is 0.617. The maximum absolute atomic E-state index is 13.3. The summed E-state index contributed by atoms with van der Waals surface area (Å²) < 4.78 is 42.9. The number of aromatic nitrogens is 2. The predicted octanol–water partition coefficient (Wildman–Crippen LogP) is 3.67. The number of carbonyl (C=O) groups excluding carboxylic acids is 1. The van der Waals surface area contributed by atoms with Gasteiger partial charge in [-0.15, -0.1) is 0 Å². The molecule has 1 aliphatic rings. The fourth-order valence-corrected chi connectivity index (χ4v) is 5.12. The number of sulfonamides is 1. The number of nitrogens with zero attached hydrogens (tertiary/aromatic N) is 3. The second-order valence-electron chi connectivity index (χ2n) is 9.28. The van der Waals surface area contributed by atoms with E-state index in [-0.39, 0.29) is 35.0 Å². The highest BCUT2D eigenvalue weighted by Gasteiger charge is 2.34. The van der Waals surface area contributed by atoms with Crippen molar-refractivity contribution >= 4 is 15.9 Å². The average Bonchev–Trinajstić information content (AvgIpc) is 3.17. The highest BCUT2D eigenvalue weighted by atomic mass is 32.2.